The number of anilines is 2. The molecule has 0 atom stereocenters. The third kappa shape index (κ3) is 7.55. The first-order chi connectivity index (χ1) is 26.0. The van der Waals surface area contributed by atoms with Crippen LogP contribution in [0.25, 0.3) is 32.3 Å². The van der Waals surface area contributed by atoms with Crippen LogP contribution in [0.3, 0.4) is 0 Å². The van der Waals surface area contributed by atoms with Crippen LogP contribution in [0.4, 0.5) is 34.1 Å². The summed E-state index contributed by atoms with van der Waals surface area (Å²) in [5.74, 6) is -1.24. The van der Waals surface area contributed by atoms with Gasteiger partial charge in [-0.2, -0.15) is 25.3 Å². The maximum absolute atomic E-state index is 12.5. The predicted molar refractivity (Wildman–Crippen MR) is 203 cm³/mol. The van der Waals surface area contributed by atoms with E-state index in [9.17, 15) is 49.1 Å². The number of hydrogen-bond donors (Lipinski definition) is 6. The molecule has 0 amide bonds. The summed E-state index contributed by atoms with van der Waals surface area (Å²) in [6.07, 6.45) is 0. The second-order valence-electron chi connectivity index (χ2n) is 12.0. The van der Waals surface area contributed by atoms with Crippen molar-refractivity contribution in [1.29, 1.82) is 0 Å². The Hall–Kier alpha value is -6.35. The minimum atomic E-state index is -4.92. The van der Waals surface area contributed by atoms with Crippen LogP contribution < -0.4 is 5.32 Å². The van der Waals surface area contributed by atoms with Crippen LogP contribution in [0.15, 0.2) is 150 Å². The van der Waals surface area contributed by atoms with Crippen LogP contribution in [0.5, 0.6) is 11.5 Å². The van der Waals surface area contributed by atoms with Gasteiger partial charge in [-0.05, 0) is 77.5 Å². The van der Waals surface area contributed by atoms with E-state index in [1.54, 1.807) is 42.5 Å². The topological polar surface area (TPSA) is 265 Å². The molecule has 0 aliphatic heterocycles. The number of rotatable bonds is 9. The smallest absolute Gasteiger partial charge is 0.296 e. The summed E-state index contributed by atoms with van der Waals surface area (Å²) in [7, 11) is -14.6. The van der Waals surface area contributed by atoms with Gasteiger partial charge in [-0.15, -0.1) is 20.5 Å². The van der Waals surface area contributed by atoms with Crippen LogP contribution in [0.1, 0.15) is 0 Å². The summed E-state index contributed by atoms with van der Waals surface area (Å²) in [4.78, 5) is -2.14. The van der Waals surface area contributed by atoms with Gasteiger partial charge < -0.3 is 15.5 Å². The zero-order valence-electron chi connectivity index (χ0n) is 27.7. The largest absolute Gasteiger partial charge is 0.507 e. The number of azo groups is 2. The second-order valence-corrected chi connectivity index (χ2v) is 16.2. The molecule has 0 aliphatic rings. The van der Waals surface area contributed by atoms with Crippen molar-refractivity contribution in [3.8, 4) is 11.5 Å². The highest BCUT2D eigenvalue weighted by molar-refractivity contribution is 7.86. The lowest BCUT2D eigenvalue weighted by Crippen LogP contribution is -2.00. The molecular formula is C36H25N5O11S3. The third-order valence-electron chi connectivity index (χ3n) is 8.34. The Balaban J connectivity index is 1.30. The molecule has 19 heteroatoms. The van der Waals surface area contributed by atoms with E-state index in [-0.39, 0.29) is 38.6 Å². The van der Waals surface area contributed by atoms with Crippen molar-refractivity contribution in [2.24, 2.45) is 20.5 Å². The van der Waals surface area contributed by atoms with Crippen molar-refractivity contribution in [3.05, 3.63) is 115 Å². The van der Waals surface area contributed by atoms with Gasteiger partial charge >= 0.3 is 0 Å². The summed E-state index contributed by atoms with van der Waals surface area (Å²) >= 11 is 0. The Kier molecular flexibility index (Phi) is 9.29. The first kappa shape index (κ1) is 37.0. The number of hydrogen-bond acceptors (Lipinski definition) is 13. The predicted octanol–water partition coefficient (Wildman–Crippen LogP) is 8.87. The number of nitrogens with one attached hydrogen (secondary N) is 1. The summed E-state index contributed by atoms with van der Waals surface area (Å²) in [5, 5.41) is 42.6. The Morgan fingerprint density at radius 1 is 0.473 bits per heavy atom. The van der Waals surface area contributed by atoms with Crippen molar-refractivity contribution in [3.63, 3.8) is 0 Å². The fraction of sp³-hybridized carbons (Fsp3) is 0. The summed E-state index contributed by atoms with van der Waals surface area (Å²) in [6.45, 7) is 0. The molecule has 0 saturated heterocycles. The Labute approximate surface area is 312 Å². The van der Waals surface area contributed by atoms with E-state index in [2.05, 4.69) is 25.8 Å². The number of aromatic hydroxyl groups is 2. The van der Waals surface area contributed by atoms with Crippen LogP contribution in [0, 0.1) is 0 Å². The quantitative estimate of drug-likeness (QED) is 0.0590. The number of benzene rings is 7. The lowest BCUT2D eigenvalue weighted by Gasteiger charge is -2.12. The average Bonchev–Trinajstić information content (AvgIpc) is 3.12. The van der Waals surface area contributed by atoms with Gasteiger partial charge in [-0.1, -0.05) is 42.5 Å². The maximum Gasteiger partial charge on any atom is 0.296 e. The molecule has 16 nitrogen and oxygen atoms in total. The molecule has 278 valence electrons. The van der Waals surface area contributed by atoms with E-state index >= 15 is 0 Å². The first-order valence-electron chi connectivity index (χ1n) is 15.7. The van der Waals surface area contributed by atoms with Crippen LogP contribution in [-0.4, -0.2) is 49.1 Å². The Bertz CT molecular complexity index is 3120. The normalized spacial score (nSPS) is 12.7. The molecule has 6 N–H and O–H groups in total. The number of phenols is 2. The molecule has 55 heavy (non-hydrogen) atoms. The van der Waals surface area contributed by atoms with Crippen LogP contribution in [0.2, 0.25) is 0 Å². The fourth-order valence-electron chi connectivity index (χ4n) is 5.86. The zero-order chi connectivity index (χ0) is 39.3. The van der Waals surface area contributed by atoms with Gasteiger partial charge in [-0.3, -0.25) is 13.7 Å². The van der Waals surface area contributed by atoms with Crippen molar-refractivity contribution in [2.45, 2.75) is 14.7 Å². The van der Waals surface area contributed by atoms with Crippen molar-refractivity contribution in [2.75, 3.05) is 5.32 Å². The molecule has 0 unspecified atom stereocenters. The van der Waals surface area contributed by atoms with Gasteiger partial charge in [-0.25, -0.2) is 0 Å². The molecular weight excluding hydrogens is 775 g/mol. The molecule has 0 aromatic heterocycles. The van der Waals surface area contributed by atoms with E-state index in [0.717, 1.165) is 30.0 Å². The average molecular weight is 800 g/mol. The van der Waals surface area contributed by atoms with Gasteiger partial charge in [0.1, 0.15) is 16.3 Å². The van der Waals surface area contributed by atoms with Gasteiger partial charge in [0.2, 0.25) is 0 Å². The summed E-state index contributed by atoms with van der Waals surface area (Å²) < 4.78 is 102. The summed E-state index contributed by atoms with van der Waals surface area (Å²) in [5.41, 5.74) is 0.897. The second kappa shape index (κ2) is 13.8. The SMILES string of the molecule is O=S(=O)(O)c1cc(O)c2c(N=Nc3ccc(N=Nc4c(S(=O)(=O)O)cc5cc(Nc6ccccc6)ccc5c4O)c4ccccc34)cc(S(=O)(=O)O)cc2c1. The molecule has 0 bridgehead atoms. The molecule has 0 fully saturated rings. The minimum absolute atomic E-state index is 0.146. The van der Waals surface area contributed by atoms with Gasteiger partial charge in [0.15, 0.2) is 5.75 Å². The van der Waals surface area contributed by atoms with E-state index in [1.165, 1.54) is 18.2 Å². The van der Waals surface area contributed by atoms with Gasteiger partial charge in [0.25, 0.3) is 30.4 Å². The lowest BCUT2D eigenvalue weighted by molar-refractivity contribution is 0.471. The summed E-state index contributed by atoms with van der Waals surface area (Å²) in [6, 6.07) is 28.0. The highest BCUT2D eigenvalue weighted by Crippen LogP contribution is 2.44. The van der Waals surface area contributed by atoms with Crippen molar-refractivity contribution >= 4 is 96.8 Å². The highest BCUT2D eigenvalue weighted by Gasteiger charge is 2.23. The molecule has 0 spiro atoms. The van der Waals surface area contributed by atoms with E-state index in [1.807, 2.05) is 30.3 Å². The Morgan fingerprint density at radius 2 is 1.04 bits per heavy atom. The van der Waals surface area contributed by atoms with Gasteiger partial charge in [0.05, 0.1) is 32.2 Å². The van der Waals surface area contributed by atoms with E-state index in [4.69, 9.17) is 0 Å². The molecule has 0 radical (unpaired) electrons. The molecule has 7 rings (SSSR count). The van der Waals surface area contributed by atoms with Crippen molar-refractivity contribution in [1.82, 2.24) is 0 Å². The molecule has 7 aromatic carbocycles. The molecule has 7 aromatic rings. The van der Waals surface area contributed by atoms with Gasteiger partial charge in [0, 0.05) is 33.6 Å². The molecule has 0 saturated carbocycles. The minimum Gasteiger partial charge on any atom is -0.507 e. The van der Waals surface area contributed by atoms with Crippen molar-refractivity contribution < 1.29 is 49.1 Å². The molecule has 0 aliphatic carbocycles. The lowest BCUT2D eigenvalue weighted by atomic mass is 10.1. The number of fused-ring (bicyclic) bond motifs is 3. The first-order valence-corrected chi connectivity index (χ1v) is 20.0. The highest BCUT2D eigenvalue weighted by atomic mass is 32.2. The standard InChI is InChI=1S/C36H25N5O11S3/c42-32-19-25(54(47,48)49)16-21-15-24(53(44,45)46)18-31(34(21)32)40-38-29-12-13-30(28-9-5-4-8-27(28)29)39-41-35-33(55(50,51)52)17-20-14-23(10-11-26(20)36(35)43)37-22-6-2-1-3-7-22/h1-19,37,42-43H,(H,44,45,46)(H,47,48,49)(H,50,51,52). The van der Waals surface area contributed by atoms with Crippen LogP contribution >= 0.6 is 0 Å². The van der Waals surface area contributed by atoms with E-state index in [0.29, 0.717) is 16.5 Å². The number of phenolic OH excluding ortho intramolecular Hbond substituents is 2. The molecule has 0 heterocycles. The maximum atomic E-state index is 12.5. The number of nitrogens with zero attached hydrogens (tertiary/aromatic N) is 4. The monoisotopic (exact) mass is 799 g/mol. The van der Waals surface area contributed by atoms with E-state index < -0.39 is 62.2 Å². The van der Waals surface area contributed by atoms with Crippen LogP contribution in [-0.2, 0) is 30.4 Å². The third-order valence-corrected chi connectivity index (χ3v) is 10.9. The fourth-order valence-corrected chi connectivity index (χ4v) is 7.59. The Morgan fingerprint density at radius 3 is 1.64 bits per heavy atom. The number of para-hydroxylation sites is 1. The zero-order valence-corrected chi connectivity index (χ0v) is 30.1.